The lowest BCUT2D eigenvalue weighted by Gasteiger charge is -2.12. The van der Waals surface area contributed by atoms with E-state index < -0.39 is 11.5 Å². The Morgan fingerprint density at radius 2 is 1.74 bits per heavy atom. The van der Waals surface area contributed by atoms with Crippen LogP contribution in [0, 0.1) is 6.92 Å². The first-order valence-corrected chi connectivity index (χ1v) is 7.32. The lowest BCUT2D eigenvalue weighted by atomic mass is 10.1. The smallest absolute Gasteiger partial charge is 0.291 e. The molecule has 0 saturated carbocycles. The molecule has 0 spiro atoms. The van der Waals surface area contributed by atoms with Crippen molar-refractivity contribution in [3.63, 3.8) is 0 Å². The highest BCUT2D eigenvalue weighted by atomic mass is 35.5. The number of rotatable bonds is 3. The molecule has 0 saturated heterocycles. The van der Waals surface area contributed by atoms with Crippen molar-refractivity contribution in [3.8, 4) is 0 Å². The molecule has 0 atom stereocenters. The molecule has 8 heteroatoms. The summed E-state index contributed by atoms with van der Waals surface area (Å²) < 4.78 is 1.06. The average molecular weight is 354 g/mol. The van der Waals surface area contributed by atoms with E-state index >= 15 is 0 Å². The molecular formula is C15H13Cl2N3O3. The molecule has 1 aromatic carbocycles. The number of hydrogen-bond acceptors (Lipinski definition) is 4. The van der Waals surface area contributed by atoms with Crippen LogP contribution >= 0.6 is 23.2 Å². The highest BCUT2D eigenvalue weighted by Gasteiger charge is 2.20. The summed E-state index contributed by atoms with van der Waals surface area (Å²) in [6.07, 6.45) is 0. The van der Waals surface area contributed by atoms with E-state index in [9.17, 15) is 14.4 Å². The van der Waals surface area contributed by atoms with Gasteiger partial charge in [-0.1, -0.05) is 23.2 Å². The van der Waals surface area contributed by atoms with Gasteiger partial charge in [0.15, 0.2) is 5.78 Å². The first kappa shape index (κ1) is 17.2. The molecule has 1 N–H and O–H groups in total. The van der Waals surface area contributed by atoms with E-state index in [1.165, 1.54) is 32.2 Å². The Balaban J connectivity index is 2.53. The van der Waals surface area contributed by atoms with Gasteiger partial charge in [0.05, 0.1) is 11.3 Å². The number of aromatic nitrogens is 2. The van der Waals surface area contributed by atoms with Crippen molar-refractivity contribution >= 4 is 40.6 Å². The predicted molar refractivity (Wildman–Crippen MR) is 88.6 cm³/mol. The van der Waals surface area contributed by atoms with Crippen LogP contribution in [0.1, 0.15) is 33.3 Å². The van der Waals surface area contributed by atoms with Crippen LogP contribution < -0.4 is 10.9 Å². The van der Waals surface area contributed by atoms with E-state index in [2.05, 4.69) is 10.4 Å². The van der Waals surface area contributed by atoms with E-state index in [0.29, 0.717) is 5.69 Å². The van der Waals surface area contributed by atoms with Crippen molar-refractivity contribution < 1.29 is 9.59 Å². The van der Waals surface area contributed by atoms with E-state index in [-0.39, 0.29) is 32.6 Å². The summed E-state index contributed by atoms with van der Waals surface area (Å²) in [7, 11) is 1.44. The molecule has 0 unspecified atom stereocenters. The third-order valence-corrected chi connectivity index (χ3v) is 3.57. The Morgan fingerprint density at radius 3 is 2.26 bits per heavy atom. The number of aryl methyl sites for hydroxylation is 2. The van der Waals surface area contributed by atoms with Crippen molar-refractivity contribution in [2.24, 2.45) is 7.05 Å². The molecule has 1 heterocycles. The maximum atomic E-state index is 12.4. The predicted octanol–water partition coefficient (Wildman–Crippen LogP) is 2.85. The molecule has 1 aromatic heterocycles. The standard InChI is InChI=1S/C15H13Cl2N3O3/c1-7-12(8(2)21)13(15(23)20(3)19-7)18-14(22)9-4-10(16)6-11(17)5-9/h4-6H,1-3H3,(H,18,22). The van der Waals surface area contributed by atoms with Crippen molar-refractivity contribution in [3.05, 3.63) is 55.4 Å². The van der Waals surface area contributed by atoms with Gasteiger partial charge in [0, 0.05) is 22.7 Å². The summed E-state index contributed by atoms with van der Waals surface area (Å²) in [5, 5.41) is 6.99. The Morgan fingerprint density at radius 1 is 1.17 bits per heavy atom. The lowest BCUT2D eigenvalue weighted by molar-refractivity contribution is 0.101. The van der Waals surface area contributed by atoms with Gasteiger partial charge in [-0.2, -0.15) is 5.10 Å². The fourth-order valence-electron chi connectivity index (χ4n) is 2.19. The average Bonchev–Trinajstić information content (AvgIpc) is 2.42. The topological polar surface area (TPSA) is 81.1 Å². The molecule has 6 nitrogen and oxygen atoms in total. The number of carbonyl (C=O) groups is 2. The Labute approximate surface area is 142 Å². The first-order valence-electron chi connectivity index (χ1n) is 6.57. The zero-order chi connectivity index (χ0) is 17.3. The number of nitrogens with zero attached hydrogens (tertiary/aromatic N) is 2. The number of anilines is 1. The summed E-state index contributed by atoms with van der Waals surface area (Å²) in [5.74, 6) is -0.966. The fourth-order valence-corrected chi connectivity index (χ4v) is 2.71. The van der Waals surface area contributed by atoms with Crippen molar-refractivity contribution in [1.82, 2.24) is 9.78 Å². The van der Waals surface area contributed by atoms with Crippen LogP contribution in [0.3, 0.4) is 0 Å². The molecule has 120 valence electrons. The van der Waals surface area contributed by atoms with Crippen LogP contribution in [0.2, 0.25) is 10.0 Å². The number of nitrogens with one attached hydrogen (secondary N) is 1. The first-order chi connectivity index (χ1) is 10.7. The van der Waals surface area contributed by atoms with E-state index in [0.717, 1.165) is 4.68 Å². The molecule has 0 bridgehead atoms. The van der Waals surface area contributed by atoms with Gasteiger partial charge < -0.3 is 5.32 Å². The van der Waals surface area contributed by atoms with Crippen LogP contribution in [-0.2, 0) is 7.05 Å². The third kappa shape index (κ3) is 3.60. The Bertz CT molecular complexity index is 855. The number of carbonyl (C=O) groups excluding carboxylic acids is 2. The quantitative estimate of drug-likeness (QED) is 0.860. The van der Waals surface area contributed by atoms with Crippen LogP contribution in [0.15, 0.2) is 23.0 Å². The number of benzene rings is 1. The lowest BCUT2D eigenvalue weighted by Crippen LogP contribution is -2.29. The van der Waals surface area contributed by atoms with Gasteiger partial charge in [0.25, 0.3) is 11.5 Å². The molecule has 0 aliphatic rings. The monoisotopic (exact) mass is 353 g/mol. The third-order valence-electron chi connectivity index (χ3n) is 3.13. The molecular weight excluding hydrogens is 341 g/mol. The Kier molecular flexibility index (Phi) is 4.87. The molecule has 1 amide bonds. The van der Waals surface area contributed by atoms with Crippen molar-refractivity contribution in [2.45, 2.75) is 13.8 Å². The molecule has 23 heavy (non-hydrogen) atoms. The van der Waals surface area contributed by atoms with Gasteiger partial charge in [-0.05, 0) is 32.0 Å². The summed E-state index contributed by atoms with van der Waals surface area (Å²) in [4.78, 5) is 36.4. The molecule has 0 radical (unpaired) electrons. The maximum Gasteiger partial charge on any atom is 0.291 e. The number of Topliss-reactive ketones (excluding diaryl/α,β-unsaturated/α-hetero) is 1. The van der Waals surface area contributed by atoms with Crippen molar-refractivity contribution in [2.75, 3.05) is 5.32 Å². The van der Waals surface area contributed by atoms with Crippen molar-refractivity contribution in [1.29, 1.82) is 0 Å². The molecule has 0 aliphatic heterocycles. The largest absolute Gasteiger partial charge is 0.317 e. The van der Waals surface area contributed by atoms with Gasteiger partial charge in [-0.3, -0.25) is 14.4 Å². The minimum atomic E-state index is -0.598. The van der Waals surface area contributed by atoms with Crippen LogP contribution in [0.4, 0.5) is 5.69 Å². The van der Waals surface area contributed by atoms with E-state index in [4.69, 9.17) is 23.2 Å². The fraction of sp³-hybridized carbons (Fsp3) is 0.200. The number of hydrogen-bond donors (Lipinski definition) is 1. The van der Waals surface area contributed by atoms with Gasteiger partial charge >= 0.3 is 0 Å². The number of ketones is 1. The number of halogens is 2. The molecule has 2 rings (SSSR count). The van der Waals surface area contributed by atoms with Gasteiger partial charge in [0.1, 0.15) is 5.69 Å². The second-order valence-corrected chi connectivity index (χ2v) is 5.81. The van der Waals surface area contributed by atoms with E-state index in [1.54, 1.807) is 6.92 Å². The summed E-state index contributed by atoms with van der Waals surface area (Å²) >= 11 is 11.7. The number of amides is 1. The van der Waals surface area contributed by atoms with Gasteiger partial charge in [-0.15, -0.1) is 0 Å². The minimum absolute atomic E-state index is 0.0783. The SMILES string of the molecule is CC(=O)c1c(C)nn(C)c(=O)c1NC(=O)c1cc(Cl)cc(Cl)c1. The highest BCUT2D eigenvalue weighted by molar-refractivity contribution is 6.35. The zero-order valence-electron chi connectivity index (χ0n) is 12.6. The second kappa shape index (κ2) is 6.52. The van der Waals surface area contributed by atoms with E-state index in [1.807, 2.05) is 0 Å². The maximum absolute atomic E-state index is 12.4. The van der Waals surface area contributed by atoms with Crippen LogP contribution in [-0.4, -0.2) is 21.5 Å². The summed E-state index contributed by atoms with van der Waals surface area (Å²) in [6, 6.07) is 4.31. The highest BCUT2D eigenvalue weighted by Crippen LogP contribution is 2.21. The van der Waals surface area contributed by atoms with Gasteiger partial charge in [-0.25, -0.2) is 4.68 Å². The molecule has 2 aromatic rings. The van der Waals surface area contributed by atoms with Gasteiger partial charge in [0.2, 0.25) is 0 Å². The van der Waals surface area contributed by atoms with Crippen LogP contribution in [0.5, 0.6) is 0 Å². The summed E-state index contributed by atoms with van der Waals surface area (Å²) in [5.41, 5.74) is -0.0991. The normalized spacial score (nSPS) is 10.5. The summed E-state index contributed by atoms with van der Waals surface area (Å²) in [6.45, 7) is 2.89. The molecule has 0 fully saturated rings. The zero-order valence-corrected chi connectivity index (χ0v) is 14.1. The minimum Gasteiger partial charge on any atom is -0.317 e. The molecule has 0 aliphatic carbocycles. The second-order valence-electron chi connectivity index (χ2n) is 4.93. The Hall–Kier alpha value is -2.18. The van der Waals surface area contributed by atoms with Crippen LogP contribution in [0.25, 0.3) is 0 Å².